The normalized spacial score (nSPS) is 18.8. The van der Waals surface area contributed by atoms with E-state index in [4.69, 9.17) is 9.26 Å². The maximum atomic E-state index is 13.2. The summed E-state index contributed by atoms with van der Waals surface area (Å²) >= 11 is 0. The van der Waals surface area contributed by atoms with Gasteiger partial charge in [-0.3, -0.25) is 4.52 Å². The number of carbonyl (C=O) groups is 1. The number of benzene rings is 1. The highest BCUT2D eigenvalue weighted by atomic mass is 31.2. The standard InChI is InChI=1S/C29H45O7P/c1-6-8-10-12-14-26(36-37(32,33)34)29(31)35-27-19-22(13-11-9-7-2)18-25(30)28(27)24-17-21(5)15-16-23(24)20(3)4/h17-19,23-24,26,30H,3,6-16H2,1-2,4-5H3,(H2,32,33,34)/t23-,24+,26?/m0/s1. The van der Waals surface area contributed by atoms with Crippen LogP contribution in [-0.4, -0.2) is 27.0 Å². The molecule has 0 fully saturated rings. The van der Waals surface area contributed by atoms with Crippen LogP contribution >= 0.6 is 7.82 Å². The van der Waals surface area contributed by atoms with Crippen LogP contribution in [0.3, 0.4) is 0 Å². The molecule has 0 heterocycles. The molecule has 0 radical (unpaired) electrons. The van der Waals surface area contributed by atoms with Crippen molar-refractivity contribution in [1.82, 2.24) is 0 Å². The molecule has 0 aromatic heterocycles. The second kappa shape index (κ2) is 14.9. The zero-order valence-electron chi connectivity index (χ0n) is 22.9. The number of aromatic hydroxyl groups is 1. The van der Waals surface area contributed by atoms with Crippen LogP contribution in [-0.2, 0) is 20.3 Å². The highest BCUT2D eigenvalue weighted by Crippen LogP contribution is 2.47. The van der Waals surface area contributed by atoms with Gasteiger partial charge in [0.2, 0.25) is 0 Å². The molecule has 1 unspecified atom stereocenters. The van der Waals surface area contributed by atoms with Gasteiger partial charge in [-0.1, -0.05) is 76.2 Å². The third-order valence-electron chi connectivity index (χ3n) is 7.02. The molecule has 2 rings (SSSR count). The Morgan fingerprint density at radius 3 is 2.43 bits per heavy atom. The molecule has 1 aliphatic carbocycles. The van der Waals surface area contributed by atoms with Gasteiger partial charge in [0.05, 0.1) is 0 Å². The summed E-state index contributed by atoms with van der Waals surface area (Å²) in [5, 5.41) is 11.2. The Kier molecular flexibility index (Phi) is 12.6. The minimum Gasteiger partial charge on any atom is -0.507 e. The number of allylic oxidation sites excluding steroid dienone is 3. The predicted octanol–water partition coefficient (Wildman–Crippen LogP) is 7.49. The molecule has 1 aliphatic rings. The molecule has 0 aliphatic heterocycles. The van der Waals surface area contributed by atoms with Crippen molar-refractivity contribution in [2.45, 2.75) is 110 Å². The van der Waals surface area contributed by atoms with E-state index in [-0.39, 0.29) is 29.8 Å². The van der Waals surface area contributed by atoms with E-state index in [9.17, 15) is 24.3 Å². The maximum Gasteiger partial charge on any atom is 0.470 e. The van der Waals surface area contributed by atoms with E-state index in [2.05, 4.69) is 26.5 Å². The monoisotopic (exact) mass is 536 g/mol. The van der Waals surface area contributed by atoms with Crippen molar-refractivity contribution >= 4 is 13.8 Å². The minimum atomic E-state index is -4.91. The van der Waals surface area contributed by atoms with Gasteiger partial charge in [0.1, 0.15) is 11.5 Å². The molecule has 3 atom stereocenters. The summed E-state index contributed by atoms with van der Waals surface area (Å²) in [6.07, 6.45) is 9.69. The summed E-state index contributed by atoms with van der Waals surface area (Å²) < 4.78 is 22.3. The minimum absolute atomic E-state index is 0.0504. The van der Waals surface area contributed by atoms with Crippen LogP contribution < -0.4 is 4.74 Å². The molecule has 3 N–H and O–H groups in total. The Bertz CT molecular complexity index is 994. The van der Waals surface area contributed by atoms with E-state index >= 15 is 0 Å². The van der Waals surface area contributed by atoms with Crippen molar-refractivity contribution in [3.63, 3.8) is 0 Å². The SMILES string of the molecule is C=C(C)[C@@H]1CCC(C)=C[C@H]1c1c(O)cc(CCCCC)cc1OC(=O)C(CCCCCC)OP(=O)(O)O. The van der Waals surface area contributed by atoms with E-state index < -0.39 is 19.9 Å². The van der Waals surface area contributed by atoms with Gasteiger partial charge < -0.3 is 19.6 Å². The van der Waals surface area contributed by atoms with Gasteiger partial charge in [0.15, 0.2) is 6.10 Å². The average Bonchev–Trinajstić information content (AvgIpc) is 2.80. The van der Waals surface area contributed by atoms with Gasteiger partial charge >= 0.3 is 13.8 Å². The van der Waals surface area contributed by atoms with Crippen LogP contribution in [0, 0.1) is 5.92 Å². The zero-order chi connectivity index (χ0) is 27.6. The Morgan fingerprint density at radius 2 is 1.81 bits per heavy atom. The van der Waals surface area contributed by atoms with Crippen LogP contribution in [0.4, 0.5) is 0 Å². The number of rotatable bonds is 15. The number of phosphoric ester groups is 1. The number of aryl methyl sites for hydroxylation is 1. The van der Waals surface area contributed by atoms with E-state index in [0.717, 1.165) is 68.9 Å². The second-order valence-corrected chi connectivity index (χ2v) is 11.6. The van der Waals surface area contributed by atoms with Gasteiger partial charge in [0, 0.05) is 11.5 Å². The molecule has 0 bridgehead atoms. The van der Waals surface area contributed by atoms with Gasteiger partial charge in [-0.2, -0.15) is 0 Å². The lowest BCUT2D eigenvalue weighted by Crippen LogP contribution is -2.29. The van der Waals surface area contributed by atoms with Crippen LogP contribution in [0.5, 0.6) is 11.5 Å². The summed E-state index contributed by atoms with van der Waals surface area (Å²) in [6.45, 7) is 12.3. The second-order valence-electron chi connectivity index (χ2n) is 10.4. The molecule has 0 saturated carbocycles. The molecule has 0 amide bonds. The van der Waals surface area contributed by atoms with E-state index in [1.165, 1.54) is 5.57 Å². The maximum absolute atomic E-state index is 13.2. The van der Waals surface area contributed by atoms with Gasteiger partial charge in [-0.25, -0.2) is 9.36 Å². The fraction of sp³-hybridized carbons (Fsp3) is 0.621. The quantitative estimate of drug-likeness (QED) is 0.0699. The fourth-order valence-electron chi connectivity index (χ4n) is 5.03. The summed E-state index contributed by atoms with van der Waals surface area (Å²) in [5.74, 6) is -0.769. The zero-order valence-corrected chi connectivity index (χ0v) is 23.8. The number of phosphoric acid groups is 1. The molecule has 0 spiro atoms. The summed E-state index contributed by atoms with van der Waals surface area (Å²) in [4.78, 5) is 32.1. The molecular formula is C29H45O7P. The third-order valence-corrected chi connectivity index (χ3v) is 7.55. The summed E-state index contributed by atoms with van der Waals surface area (Å²) in [5.41, 5.74) is 3.51. The molecule has 8 heteroatoms. The smallest absolute Gasteiger partial charge is 0.470 e. The Labute approximate surface area is 222 Å². The number of ether oxygens (including phenoxy) is 1. The van der Waals surface area contributed by atoms with Crippen LogP contribution in [0.1, 0.15) is 109 Å². The molecule has 1 aromatic carbocycles. The molecule has 208 valence electrons. The lowest BCUT2D eigenvalue weighted by atomic mass is 9.73. The Hall–Kier alpha value is -1.92. The lowest BCUT2D eigenvalue weighted by molar-refractivity contribution is -0.143. The molecular weight excluding hydrogens is 491 g/mol. The Balaban J connectivity index is 2.48. The summed E-state index contributed by atoms with van der Waals surface area (Å²) in [6, 6.07) is 3.52. The fourth-order valence-corrected chi connectivity index (χ4v) is 5.55. The number of esters is 1. The number of hydrogen-bond donors (Lipinski definition) is 3. The van der Waals surface area contributed by atoms with E-state index in [1.54, 1.807) is 12.1 Å². The van der Waals surface area contributed by atoms with Crippen molar-refractivity contribution in [3.05, 3.63) is 47.1 Å². The van der Waals surface area contributed by atoms with Crippen molar-refractivity contribution in [3.8, 4) is 11.5 Å². The first-order valence-corrected chi connectivity index (χ1v) is 15.1. The van der Waals surface area contributed by atoms with Crippen LogP contribution in [0.25, 0.3) is 0 Å². The molecule has 0 saturated heterocycles. The topological polar surface area (TPSA) is 113 Å². The summed E-state index contributed by atoms with van der Waals surface area (Å²) in [7, 11) is -4.91. The van der Waals surface area contributed by atoms with Crippen LogP contribution in [0.15, 0.2) is 35.9 Å². The van der Waals surface area contributed by atoms with E-state index in [1.807, 2.05) is 13.8 Å². The van der Waals surface area contributed by atoms with Crippen molar-refractivity contribution in [2.75, 3.05) is 0 Å². The molecule has 7 nitrogen and oxygen atoms in total. The van der Waals surface area contributed by atoms with E-state index in [0.29, 0.717) is 12.0 Å². The number of phenols is 1. The largest absolute Gasteiger partial charge is 0.507 e. The number of phenolic OH excluding ortho intramolecular Hbond substituents is 1. The van der Waals surface area contributed by atoms with Crippen molar-refractivity contribution in [1.29, 1.82) is 0 Å². The number of unbranched alkanes of at least 4 members (excludes halogenated alkanes) is 5. The molecule has 37 heavy (non-hydrogen) atoms. The number of carbonyl (C=O) groups excluding carboxylic acids is 1. The highest BCUT2D eigenvalue weighted by molar-refractivity contribution is 7.46. The predicted molar refractivity (Wildman–Crippen MR) is 147 cm³/mol. The third kappa shape index (κ3) is 10.0. The van der Waals surface area contributed by atoms with Gasteiger partial charge in [-0.05, 0) is 69.6 Å². The van der Waals surface area contributed by atoms with Crippen molar-refractivity contribution in [2.24, 2.45) is 5.92 Å². The Morgan fingerprint density at radius 1 is 1.14 bits per heavy atom. The first-order chi connectivity index (χ1) is 17.5. The van der Waals surface area contributed by atoms with Crippen molar-refractivity contribution < 1.29 is 33.5 Å². The van der Waals surface area contributed by atoms with Gasteiger partial charge in [0.25, 0.3) is 0 Å². The highest BCUT2D eigenvalue weighted by Gasteiger charge is 2.34. The molecule has 1 aromatic rings. The first-order valence-electron chi connectivity index (χ1n) is 13.6. The average molecular weight is 537 g/mol. The number of hydrogen-bond acceptors (Lipinski definition) is 5. The van der Waals surface area contributed by atoms with Crippen LogP contribution in [0.2, 0.25) is 0 Å². The first kappa shape index (κ1) is 31.3. The lowest BCUT2D eigenvalue weighted by Gasteiger charge is -2.32. The van der Waals surface area contributed by atoms with Gasteiger partial charge in [-0.15, -0.1) is 0 Å².